The van der Waals surface area contributed by atoms with Gasteiger partial charge in [0.1, 0.15) is 0 Å². The quantitative estimate of drug-likeness (QED) is 0.551. The van der Waals surface area contributed by atoms with Crippen molar-refractivity contribution in [2.45, 2.75) is 13.8 Å². The van der Waals surface area contributed by atoms with Gasteiger partial charge < -0.3 is 0 Å². The average Bonchev–Trinajstić information content (AvgIpc) is 2.99. The summed E-state index contributed by atoms with van der Waals surface area (Å²) in [5.41, 5.74) is 8.69. The number of hydrogen-bond donors (Lipinski definition) is 1. The van der Waals surface area contributed by atoms with Gasteiger partial charge in [-0.2, -0.15) is 5.10 Å². The van der Waals surface area contributed by atoms with E-state index in [-0.39, 0.29) is 0 Å². The maximum Gasteiger partial charge on any atom is 0.203 e. The lowest BCUT2D eigenvalue weighted by atomic mass is 10.0. The van der Waals surface area contributed by atoms with Crippen LogP contribution in [0.3, 0.4) is 0 Å². The molecule has 0 aliphatic carbocycles. The third-order valence-electron chi connectivity index (χ3n) is 3.35. The van der Waals surface area contributed by atoms with E-state index in [2.05, 4.69) is 52.9 Å². The summed E-state index contributed by atoms with van der Waals surface area (Å²) in [6, 6.07) is 16.4. The number of hydrazone groups is 1. The van der Waals surface area contributed by atoms with E-state index in [1.165, 1.54) is 16.7 Å². The smallest absolute Gasteiger partial charge is 0.203 e. The third kappa shape index (κ3) is 3.40. The van der Waals surface area contributed by atoms with Crippen molar-refractivity contribution in [1.82, 2.24) is 4.98 Å². The molecular formula is C18H17N3S. The number of benzene rings is 2. The largest absolute Gasteiger partial charge is 0.253 e. The van der Waals surface area contributed by atoms with Gasteiger partial charge in [0.15, 0.2) is 0 Å². The fraction of sp³-hybridized carbons (Fsp3) is 0.111. The summed E-state index contributed by atoms with van der Waals surface area (Å²) in [5.74, 6) is 0. The molecule has 0 fully saturated rings. The van der Waals surface area contributed by atoms with E-state index < -0.39 is 0 Å². The zero-order valence-electron chi connectivity index (χ0n) is 12.6. The van der Waals surface area contributed by atoms with E-state index in [1.807, 2.05) is 30.3 Å². The molecule has 0 saturated carbocycles. The summed E-state index contributed by atoms with van der Waals surface area (Å²) in [7, 11) is 0. The highest BCUT2D eigenvalue weighted by Gasteiger charge is 2.07. The summed E-state index contributed by atoms with van der Waals surface area (Å²) in [6.07, 6.45) is 1.79. The molecule has 3 aromatic rings. The van der Waals surface area contributed by atoms with E-state index in [0.717, 1.165) is 16.4 Å². The second-order valence-electron chi connectivity index (χ2n) is 5.14. The number of thiazole rings is 1. The first kappa shape index (κ1) is 14.5. The minimum Gasteiger partial charge on any atom is -0.253 e. The maximum atomic E-state index is 4.61. The molecule has 0 radical (unpaired) electrons. The molecule has 1 N–H and O–H groups in total. The highest BCUT2D eigenvalue weighted by molar-refractivity contribution is 7.14. The predicted octanol–water partition coefficient (Wildman–Crippen LogP) is 4.87. The van der Waals surface area contributed by atoms with Gasteiger partial charge in [-0.1, -0.05) is 48.0 Å². The van der Waals surface area contributed by atoms with Gasteiger partial charge in [0.2, 0.25) is 5.13 Å². The molecule has 0 spiro atoms. The van der Waals surface area contributed by atoms with Crippen molar-refractivity contribution >= 4 is 22.7 Å². The van der Waals surface area contributed by atoms with Crippen LogP contribution < -0.4 is 5.43 Å². The topological polar surface area (TPSA) is 37.3 Å². The van der Waals surface area contributed by atoms with Crippen molar-refractivity contribution in [2.24, 2.45) is 5.10 Å². The van der Waals surface area contributed by atoms with Crippen LogP contribution in [0.4, 0.5) is 5.13 Å². The van der Waals surface area contributed by atoms with Crippen molar-refractivity contribution in [1.29, 1.82) is 0 Å². The zero-order chi connectivity index (χ0) is 15.4. The fourth-order valence-corrected chi connectivity index (χ4v) is 2.82. The number of nitrogens with one attached hydrogen (secondary N) is 1. The minimum absolute atomic E-state index is 0.795. The highest BCUT2D eigenvalue weighted by Crippen LogP contribution is 2.28. The van der Waals surface area contributed by atoms with Crippen LogP contribution in [0.15, 0.2) is 59.0 Å². The molecule has 0 atom stereocenters. The molecule has 3 nitrogen and oxygen atoms in total. The van der Waals surface area contributed by atoms with Crippen molar-refractivity contribution in [2.75, 3.05) is 5.43 Å². The SMILES string of the molecule is Cc1ccc(C)c(-c2csc(N/N=C/c3ccccc3)n2)c1. The Hall–Kier alpha value is -2.46. The zero-order valence-corrected chi connectivity index (χ0v) is 13.4. The standard InChI is InChI=1S/C18H17N3S/c1-13-8-9-14(2)16(10-13)17-12-22-18(20-17)21-19-11-15-6-4-3-5-7-15/h3-12H,1-2H3,(H,20,21)/b19-11+. The van der Waals surface area contributed by atoms with Crippen LogP contribution in [0, 0.1) is 13.8 Å². The molecule has 3 rings (SSSR count). The first-order chi connectivity index (χ1) is 10.7. The monoisotopic (exact) mass is 307 g/mol. The van der Waals surface area contributed by atoms with E-state index in [4.69, 9.17) is 0 Å². The van der Waals surface area contributed by atoms with Gasteiger partial charge in [0, 0.05) is 10.9 Å². The molecule has 22 heavy (non-hydrogen) atoms. The lowest BCUT2D eigenvalue weighted by Gasteiger charge is -2.03. The number of anilines is 1. The van der Waals surface area contributed by atoms with Crippen LogP contribution in [-0.4, -0.2) is 11.2 Å². The molecular weight excluding hydrogens is 290 g/mol. The van der Waals surface area contributed by atoms with E-state index in [1.54, 1.807) is 17.6 Å². The summed E-state index contributed by atoms with van der Waals surface area (Å²) in [5, 5.41) is 7.08. The highest BCUT2D eigenvalue weighted by atomic mass is 32.1. The molecule has 0 amide bonds. The minimum atomic E-state index is 0.795. The summed E-state index contributed by atoms with van der Waals surface area (Å²) < 4.78 is 0. The average molecular weight is 307 g/mol. The summed E-state index contributed by atoms with van der Waals surface area (Å²) in [4.78, 5) is 4.61. The first-order valence-electron chi connectivity index (χ1n) is 7.09. The molecule has 2 aromatic carbocycles. The van der Waals surface area contributed by atoms with Crippen LogP contribution in [-0.2, 0) is 0 Å². The van der Waals surface area contributed by atoms with Gasteiger partial charge in [-0.3, -0.25) is 5.43 Å². The Bertz CT molecular complexity index is 791. The maximum absolute atomic E-state index is 4.61. The van der Waals surface area contributed by atoms with Crippen LogP contribution in [0.2, 0.25) is 0 Å². The van der Waals surface area contributed by atoms with Gasteiger partial charge >= 0.3 is 0 Å². The molecule has 4 heteroatoms. The molecule has 1 heterocycles. The van der Waals surface area contributed by atoms with Gasteiger partial charge in [-0.25, -0.2) is 4.98 Å². The van der Waals surface area contributed by atoms with Crippen molar-refractivity contribution in [3.8, 4) is 11.3 Å². The van der Waals surface area contributed by atoms with Gasteiger partial charge in [-0.15, -0.1) is 11.3 Å². The Balaban J connectivity index is 1.74. The molecule has 1 aromatic heterocycles. The Kier molecular flexibility index (Phi) is 4.30. The lowest BCUT2D eigenvalue weighted by Crippen LogP contribution is -1.90. The van der Waals surface area contributed by atoms with E-state index in [0.29, 0.717) is 0 Å². The molecule has 0 unspecified atom stereocenters. The fourth-order valence-electron chi connectivity index (χ4n) is 2.16. The van der Waals surface area contributed by atoms with E-state index >= 15 is 0 Å². The summed E-state index contributed by atoms with van der Waals surface area (Å²) >= 11 is 1.56. The lowest BCUT2D eigenvalue weighted by molar-refractivity contribution is 1.28. The Labute approximate surface area is 134 Å². The van der Waals surface area contributed by atoms with E-state index in [9.17, 15) is 0 Å². The van der Waals surface area contributed by atoms with Crippen molar-refractivity contribution in [3.63, 3.8) is 0 Å². The molecule has 0 saturated heterocycles. The van der Waals surface area contributed by atoms with Gasteiger partial charge in [0.05, 0.1) is 11.9 Å². The predicted molar refractivity (Wildman–Crippen MR) is 94.7 cm³/mol. The third-order valence-corrected chi connectivity index (χ3v) is 4.09. The number of nitrogens with zero attached hydrogens (tertiary/aromatic N) is 2. The van der Waals surface area contributed by atoms with Gasteiger partial charge in [0.25, 0.3) is 0 Å². The molecule has 0 aliphatic rings. The molecule has 0 bridgehead atoms. The van der Waals surface area contributed by atoms with Crippen LogP contribution in [0.1, 0.15) is 16.7 Å². The Morgan fingerprint density at radius 2 is 1.91 bits per heavy atom. The molecule has 110 valence electrons. The van der Waals surface area contributed by atoms with Crippen LogP contribution in [0.25, 0.3) is 11.3 Å². The normalized spacial score (nSPS) is 11.0. The second-order valence-corrected chi connectivity index (χ2v) is 6.00. The molecule has 0 aliphatic heterocycles. The first-order valence-corrected chi connectivity index (χ1v) is 7.97. The second kappa shape index (κ2) is 6.54. The van der Waals surface area contributed by atoms with Gasteiger partial charge in [-0.05, 0) is 31.0 Å². The number of aryl methyl sites for hydroxylation is 2. The Morgan fingerprint density at radius 1 is 1.09 bits per heavy atom. The number of aromatic nitrogens is 1. The van der Waals surface area contributed by atoms with Crippen LogP contribution in [0.5, 0.6) is 0 Å². The summed E-state index contributed by atoms with van der Waals surface area (Å²) in [6.45, 7) is 4.20. The van der Waals surface area contributed by atoms with Crippen molar-refractivity contribution in [3.05, 3.63) is 70.6 Å². The number of rotatable bonds is 4. The Morgan fingerprint density at radius 3 is 2.73 bits per heavy atom. The number of hydrogen-bond acceptors (Lipinski definition) is 4. The van der Waals surface area contributed by atoms with Crippen molar-refractivity contribution < 1.29 is 0 Å². The van der Waals surface area contributed by atoms with Crippen LogP contribution >= 0.6 is 11.3 Å².